The summed E-state index contributed by atoms with van der Waals surface area (Å²) in [6.45, 7) is 5.85. The van der Waals surface area contributed by atoms with Crippen LogP contribution < -0.4 is 10.2 Å². The van der Waals surface area contributed by atoms with Crippen LogP contribution in [0.1, 0.15) is 86.0 Å². The molecule has 1 aromatic heterocycles. The maximum absolute atomic E-state index is 12.9. The molecule has 3 fully saturated rings. The molecule has 0 unspecified atom stereocenters. The zero-order valence-electron chi connectivity index (χ0n) is 22.7. The third-order valence-corrected chi connectivity index (χ3v) is 9.42. The van der Waals surface area contributed by atoms with Crippen molar-refractivity contribution in [1.29, 1.82) is 0 Å². The lowest BCUT2D eigenvalue weighted by molar-refractivity contribution is 0.0919. The standard InChI is InChI=1S/C33H43N3O2/c37-33(27-10-14-29(15-11-27)36-19-4-1-5-20-36)34-28-12-8-25(9-13-28)16-21-35-22-17-26(18-23-35)31-24-38-32-7-3-2-6-30(31)32/h2-3,6-7,10-11,14-15,24-26,28H,1,4-5,8-9,12-13,16-23H2,(H,34,37). The number of nitrogens with zero attached hydrogens (tertiary/aromatic N) is 2. The zero-order chi connectivity index (χ0) is 25.7. The number of anilines is 1. The van der Waals surface area contributed by atoms with E-state index < -0.39 is 0 Å². The van der Waals surface area contributed by atoms with Crippen LogP contribution in [0, 0.1) is 5.92 Å². The number of nitrogens with one attached hydrogen (secondary N) is 1. The van der Waals surface area contributed by atoms with Crippen molar-refractivity contribution in [2.75, 3.05) is 37.6 Å². The van der Waals surface area contributed by atoms with E-state index in [-0.39, 0.29) is 5.91 Å². The number of piperidine rings is 2. The van der Waals surface area contributed by atoms with E-state index >= 15 is 0 Å². The molecule has 0 bridgehead atoms. The number of amides is 1. The molecule has 1 N–H and O–H groups in total. The Morgan fingerprint density at radius 2 is 1.58 bits per heavy atom. The predicted molar refractivity (Wildman–Crippen MR) is 155 cm³/mol. The summed E-state index contributed by atoms with van der Waals surface area (Å²) in [6, 6.07) is 17.0. The van der Waals surface area contributed by atoms with Gasteiger partial charge in [0.1, 0.15) is 5.58 Å². The van der Waals surface area contributed by atoms with Gasteiger partial charge in [-0.15, -0.1) is 0 Å². The van der Waals surface area contributed by atoms with Crippen LogP contribution in [0.25, 0.3) is 11.0 Å². The maximum Gasteiger partial charge on any atom is 0.251 e. The number of benzene rings is 2. The van der Waals surface area contributed by atoms with Gasteiger partial charge < -0.3 is 19.5 Å². The average Bonchev–Trinajstić information content (AvgIpc) is 3.42. The van der Waals surface area contributed by atoms with Crippen molar-refractivity contribution >= 4 is 22.6 Å². The van der Waals surface area contributed by atoms with Crippen LogP contribution in [0.2, 0.25) is 0 Å². The van der Waals surface area contributed by atoms with E-state index in [4.69, 9.17) is 4.42 Å². The highest BCUT2D eigenvalue weighted by Gasteiger charge is 2.26. The van der Waals surface area contributed by atoms with Crippen LogP contribution in [0.3, 0.4) is 0 Å². The number of carbonyl (C=O) groups is 1. The van der Waals surface area contributed by atoms with Gasteiger partial charge in [0.25, 0.3) is 5.91 Å². The molecule has 3 heterocycles. The topological polar surface area (TPSA) is 48.7 Å². The number of carbonyl (C=O) groups excluding carboxylic acids is 1. The summed E-state index contributed by atoms with van der Waals surface area (Å²) in [5.41, 5.74) is 4.46. The van der Waals surface area contributed by atoms with E-state index in [0.29, 0.717) is 12.0 Å². The van der Waals surface area contributed by atoms with Gasteiger partial charge in [-0.1, -0.05) is 18.2 Å². The van der Waals surface area contributed by atoms with Crippen molar-refractivity contribution in [3.05, 3.63) is 65.9 Å². The van der Waals surface area contributed by atoms with Gasteiger partial charge in [-0.25, -0.2) is 0 Å². The highest BCUT2D eigenvalue weighted by Crippen LogP contribution is 2.35. The lowest BCUT2D eigenvalue weighted by Gasteiger charge is -2.34. The number of fused-ring (bicyclic) bond motifs is 1. The summed E-state index contributed by atoms with van der Waals surface area (Å²) in [7, 11) is 0. The van der Waals surface area contributed by atoms with Crippen LogP contribution in [-0.4, -0.2) is 49.6 Å². The average molecular weight is 514 g/mol. The molecule has 2 aromatic carbocycles. The largest absolute Gasteiger partial charge is 0.464 e. The SMILES string of the molecule is O=C(NC1CCC(CCN2CCC(c3coc4ccccc34)CC2)CC1)c1ccc(N2CCCCC2)cc1. The molecular formula is C33H43N3O2. The Bertz CT molecular complexity index is 1180. The van der Waals surface area contributed by atoms with Crippen LogP contribution in [0.5, 0.6) is 0 Å². The number of hydrogen-bond donors (Lipinski definition) is 1. The molecule has 3 aromatic rings. The first-order chi connectivity index (χ1) is 18.7. The molecule has 202 valence electrons. The third kappa shape index (κ3) is 5.93. The minimum absolute atomic E-state index is 0.0897. The molecule has 6 rings (SSSR count). The highest BCUT2D eigenvalue weighted by atomic mass is 16.3. The number of likely N-dealkylation sites (tertiary alicyclic amines) is 1. The van der Waals surface area contributed by atoms with Crippen molar-refractivity contribution in [3.63, 3.8) is 0 Å². The van der Waals surface area contributed by atoms with Crippen molar-refractivity contribution < 1.29 is 9.21 Å². The van der Waals surface area contributed by atoms with E-state index in [0.717, 1.165) is 43.0 Å². The highest BCUT2D eigenvalue weighted by molar-refractivity contribution is 5.94. The number of para-hydroxylation sites is 1. The van der Waals surface area contributed by atoms with Gasteiger partial charge in [0.2, 0.25) is 0 Å². The zero-order valence-corrected chi connectivity index (χ0v) is 22.7. The Hall–Kier alpha value is -2.79. The predicted octanol–water partition coefficient (Wildman–Crippen LogP) is 6.98. The molecule has 38 heavy (non-hydrogen) atoms. The number of furan rings is 1. The summed E-state index contributed by atoms with van der Waals surface area (Å²) < 4.78 is 5.80. The second-order valence-electron chi connectivity index (χ2n) is 11.9. The minimum atomic E-state index is 0.0897. The fraction of sp³-hybridized carbons (Fsp3) is 0.545. The molecule has 0 spiro atoms. The minimum Gasteiger partial charge on any atom is -0.464 e. The van der Waals surface area contributed by atoms with Crippen LogP contribution >= 0.6 is 0 Å². The van der Waals surface area contributed by atoms with E-state index in [1.807, 2.05) is 24.5 Å². The summed E-state index contributed by atoms with van der Waals surface area (Å²) in [4.78, 5) is 18.0. The van der Waals surface area contributed by atoms with Gasteiger partial charge in [0.15, 0.2) is 0 Å². The summed E-state index contributed by atoms with van der Waals surface area (Å²) in [5.74, 6) is 1.50. The molecule has 0 atom stereocenters. The molecule has 1 amide bonds. The van der Waals surface area contributed by atoms with Crippen molar-refractivity contribution in [1.82, 2.24) is 10.2 Å². The van der Waals surface area contributed by atoms with Gasteiger partial charge in [0, 0.05) is 41.3 Å². The van der Waals surface area contributed by atoms with Crippen LogP contribution in [-0.2, 0) is 0 Å². The Kier molecular flexibility index (Phi) is 8.01. The van der Waals surface area contributed by atoms with Gasteiger partial charge in [0.05, 0.1) is 6.26 Å². The molecule has 1 saturated carbocycles. The van der Waals surface area contributed by atoms with Gasteiger partial charge in [-0.2, -0.15) is 0 Å². The normalized spacial score (nSPS) is 23.5. The first-order valence-electron chi connectivity index (χ1n) is 15.1. The molecule has 5 nitrogen and oxygen atoms in total. The Labute approximate surface area is 227 Å². The van der Waals surface area contributed by atoms with Crippen molar-refractivity contribution in [2.24, 2.45) is 5.92 Å². The Morgan fingerprint density at radius 1 is 0.842 bits per heavy atom. The summed E-state index contributed by atoms with van der Waals surface area (Å²) in [6.07, 6.45) is 14.3. The van der Waals surface area contributed by atoms with E-state index in [1.165, 1.54) is 87.6 Å². The summed E-state index contributed by atoms with van der Waals surface area (Å²) >= 11 is 0. The number of rotatable bonds is 7. The van der Waals surface area contributed by atoms with E-state index in [1.54, 1.807) is 0 Å². The second-order valence-corrected chi connectivity index (χ2v) is 11.9. The summed E-state index contributed by atoms with van der Waals surface area (Å²) in [5, 5.41) is 4.62. The maximum atomic E-state index is 12.9. The number of hydrogen-bond acceptors (Lipinski definition) is 4. The van der Waals surface area contributed by atoms with Crippen LogP contribution in [0.4, 0.5) is 5.69 Å². The molecule has 0 radical (unpaired) electrons. The van der Waals surface area contributed by atoms with Crippen LogP contribution in [0.15, 0.2) is 59.2 Å². The molecule has 2 saturated heterocycles. The van der Waals surface area contributed by atoms with E-state index in [9.17, 15) is 4.79 Å². The quantitative estimate of drug-likeness (QED) is 0.370. The van der Waals surface area contributed by atoms with Gasteiger partial charge >= 0.3 is 0 Å². The third-order valence-electron chi connectivity index (χ3n) is 9.42. The Balaban J connectivity index is 0.901. The lowest BCUT2D eigenvalue weighted by atomic mass is 9.83. The lowest BCUT2D eigenvalue weighted by Crippen LogP contribution is -2.38. The monoisotopic (exact) mass is 513 g/mol. The van der Waals surface area contributed by atoms with Gasteiger partial charge in [-0.3, -0.25) is 4.79 Å². The molecular weight excluding hydrogens is 470 g/mol. The molecule has 5 heteroatoms. The van der Waals surface area contributed by atoms with Crippen molar-refractivity contribution in [2.45, 2.75) is 76.2 Å². The Morgan fingerprint density at radius 3 is 2.34 bits per heavy atom. The first-order valence-corrected chi connectivity index (χ1v) is 15.1. The molecule has 1 aliphatic carbocycles. The van der Waals surface area contributed by atoms with Gasteiger partial charge in [-0.05, 0) is 126 Å². The first kappa shape index (κ1) is 25.5. The fourth-order valence-corrected chi connectivity index (χ4v) is 6.99. The molecule has 2 aliphatic heterocycles. The molecule has 3 aliphatic rings. The smallest absolute Gasteiger partial charge is 0.251 e. The second kappa shape index (κ2) is 11.9. The van der Waals surface area contributed by atoms with Crippen molar-refractivity contribution in [3.8, 4) is 0 Å². The van der Waals surface area contributed by atoms with E-state index in [2.05, 4.69) is 45.4 Å². The fourth-order valence-electron chi connectivity index (χ4n) is 6.99.